The zero-order valence-electron chi connectivity index (χ0n) is 19.5. The van der Waals surface area contributed by atoms with Crippen molar-refractivity contribution in [1.29, 1.82) is 0 Å². The Balaban J connectivity index is 1.43. The molecule has 36 heavy (non-hydrogen) atoms. The van der Waals surface area contributed by atoms with Crippen molar-refractivity contribution in [3.63, 3.8) is 0 Å². The quantitative estimate of drug-likeness (QED) is 0.417. The second-order valence-electron chi connectivity index (χ2n) is 9.28. The molecule has 2 aromatic heterocycles. The first kappa shape index (κ1) is 23.9. The van der Waals surface area contributed by atoms with E-state index in [1.165, 1.54) is 23.3 Å². The van der Waals surface area contributed by atoms with Crippen LogP contribution in [0.1, 0.15) is 12.8 Å². The maximum Gasteiger partial charge on any atom is 0.491 e. The Hall–Kier alpha value is -3.81. The SMILES string of the molecule is CN1CCC2(CC1)CN(c1ncc(-c3c(O)cc(-c4cnn(C)n4)cc3OC(=O)C(F)(F)F)nn1)C2. The number of piperidine rings is 1. The van der Waals surface area contributed by atoms with Gasteiger partial charge in [0.15, 0.2) is 0 Å². The van der Waals surface area contributed by atoms with Crippen LogP contribution in [0.25, 0.3) is 22.5 Å². The van der Waals surface area contributed by atoms with E-state index in [1.807, 2.05) is 4.90 Å². The number of hydrogen-bond acceptors (Lipinski definition) is 10. The van der Waals surface area contributed by atoms with E-state index >= 15 is 0 Å². The standard InChI is InChI=1S/C22H23F3N8O3/c1-31-5-3-21(4-6-31)11-33(12-21)20-26-9-15(28-29-20)18-16(34)7-13(14-10-27-32(2)30-14)8-17(18)36-19(35)22(23,24)25/h7-10,34H,3-6,11-12H2,1-2H3. The largest absolute Gasteiger partial charge is 0.507 e. The third kappa shape index (κ3) is 4.55. The van der Waals surface area contributed by atoms with Crippen molar-refractivity contribution in [2.45, 2.75) is 19.0 Å². The number of aromatic hydroxyl groups is 1. The lowest BCUT2D eigenvalue weighted by atomic mass is 9.72. The van der Waals surface area contributed by atoms with Crippen LogP contribution in [0.2, 0.25) is 0 Å². The highest BCUT2D eigenvalue weighted by Crippen LogP contribution is 2.43. The van der Waals surface area contributed by atoms with E-state index < -0.39 is 23.6 Å². The van der Waals surface area contributed by atoms with Crippen molar-refractivity contribution in [3.05, 3.63) is 24.5 Å². The summed E-state index contributed by atoms with van der Waals surface area (Å²) < 4.78 is 43.5. The number of nitrogens with zero attached hydrogens (tertiary/aromatic N) is 8. The predicted molar refractivity (Wildman–Crippen MR) is 120 cm³/mol. The zero-order chi connectivity index (χ0) is 25.7. The molecule has 0 amide bonds. The van der Waals surface area contributed by atoms with Crippen molar-refractivity contribution in [1.82, 2.24) is 35.1 Å². The van der Waals surface area contributed by atoms with Crippen LogP contribution in [-0.2, 0) is 11.8 Å². The van der Waals surface area contributed by atoms with Gasteiger partial charge in [-0.1, -0.05) is 0 Å². The van der Waals surface area contributed by atoms with Gasteiger partial charge in [-0.2, -0.15) is 28.2 Å². The molecule has 5 rings (SSSR count). The molecule has 190 valence electrons. The van der Waals surface area contributed by atoms with Crippen LogP contribution in [0.5, 0.6) is 11.5 Å². The Morgan fingerprint density at radius 2 is 1.81 bits per heavy atom. The molecule has 11 nitrogen and oxygen atoms in total. The fourth-order valence-corrected chi connectivity index (χ4v) is 4.56. The summed E-state index contributed by atoms with van der Waals surface area (Å²) >= 11 is 0. The second-order valence-corrected chi connectivity index (χ2v) is 9.28. The Labute approximate surface area is 203 Å². The lowest BCUT2D eigenvalue weighted by molar-refractivity contribution is -0.189. The third-order valence-electron chi connectivity index (χ3n) is 6.60. The van der Waals surface area contributed by atoms with Crippen LogP contribution in [0.4, 0.5) is 19.1 Å². The minimum absolute atomic E-state index is 0.0542. The maximum absolute atomic E-state index is 12.9. The first-order chi connectivity index (χ1) is 17.0. The summed E-state index contributed by atoms with van der Waals surface area (Å²) in [6.07, 6.45) is -0.435. The van der Waals surface area contributed by atoms with Crippen molar-refractivity contribution >= 4 is 11.9 Å². The Bertz CT molecular complexity index is 1280. The normalized spacial score (nSPS) is 17.8. The molecule has 0 atom stereocenters. The van der Waals surface area contributed by atoms with E-state index in [0.717, 1.165) is 45.1 Å². The fourth-order valence-electron chi connectivity index (χ4n) is 4.56. The van der Waals surface area contributed by atoms with Gasteiger partial charge in [-0.05, 0) is 45.1 Å². The summed E-state index contributed by atoms with van der Waals surface area (Å²) in [7, 11) is 3.66. The number of alkyl halides is 3. The van der Waals surface area contributed by atoms with E-state index in [9.17, 15) is 23.1 Å². The molecule has 2 saturated heterocycles. The second kappa shape index (κ2) is 8.69. The minimum Gasteiger partial charge on any atom is -0.507 e. The Morgan fingerprint density at radius 3 is 2.39 bits per heavy atom. The number of anilines is 1. The Morgan fingerprint density at radius 1 is 1.08 bits per heavy atom. The summed E-state index contributed by atoms with van der Waals surface area (Å²) in [4.78, 5) is 21.4. The van der Waals surface area contributed by atoms with Gasteiger partial charge in [0, 0.05) is 31.1 Å². The predicted octanol–water partition coefficient (Wildman–Crippen LogP) is 2.04. The lowest BCUT2D eigenvalue weighted by Gasteiger charge is -2.53. The monoisotopic (exact) mass is 504 g/mol. The zero-order valence-corrected chi connectivity index (χ0v) is 19.5. The molecule has 14 heteroatoms. The molecule has 1 aromatic carbocycles. The van der Waals surface area contributed by atoms with Crippen LogP contribution in [0, 0.1) is 5.41 Å². The van der Waals surface area contributed by atoms with E-state index in [-0.39, 0.29) is 27.9 Å². The van der Waals surface area contributed by atoms with Crippen LogP contribution in [0.15, 0.2) is 24.5 Å². The number of likely N-dealkylation sites (tertiary alicyclic amines) is 1. The molecule has 2 fully saturated rings. The topological polar surface area (TPSA) is 122 Å². The van der Waals surface area contributed by atoms with Gasteiger partial charge in [-0.25, -0.2) is 9.78 Å². The number of carbonyl (C=O) groups is 1. The van der Waals surface area contributed by atoms with Gasteiger partial charge in [0.25, 0.3) is 0 Å². The van der Waals surface area contributed by atoms with Crippen LogP contribution < -0.4 is 9.64 Å². The highest BCUT2D eigenvalue weighted by molar-refractivity contribution is 5.85. The summed E-state index contributed by atoms with van der Waals surface area (Å²) in [5.41, 5.74) is 0.380. The Kier molecular flexibility index (Phi) is 5.77. The molecule has 3 aromatic rings. The molecular weight excluding hydrogens is 481 g/mol. The molecule has 0 radical (unpaired) electrons. The molecule has 2 aliphatic heterocycles. The summed E-state index contributed by atoms with van der Waals surface area (Å²) in [6.45, 7) is 3.67. The molecule has 1 N–H and O–H groups in total. The van der Waals surface area contributed by atoms with E-state index in [1.54, 1.807) is 7.05 Å². The number of phenolic OH excluding ortho intramolecular Hbond substituents is 1. The summed E-state index contributed by atoms with van der Waals surface area (Å²) in [6, 6.07) is 2.41. The smallest absolute Gasteiger partial charge is 0.491 e. The van der Waals surface area contributed by atoms with Gasteiger partial charge in [0.2, 0.25) is 5.95 Å². The van der Waals surface area contributed by atoms with Crippen molar-refractivity contribution in [2.24, 2.45) is 12.5 Å². The van der Waals surface area contributed by atoms with E-state index in [2.05, 4.69) is 42.1 Å². The van der Waals surface area contributed by atoms with Crippen LogP contribution >= 0.6 is 0 Å². The van der Waals surface area contributed by atoms with Gasteiger partial charge < -0.3 is 19.6 Å². The molecular formula is C22H23F3N8O3. The molecule has 0 saturated carbocycles. The average Bonchev–Trinajstić information content (AvgIpc) is 3.24. The number of halogens is 3. The van der Waals surface area contributed by atoms with Crippen LogP contribution in [0.3, 0.4) is 0 Å². The molecule has 4 heterocycles. The summed E-state index contributed by atoms with van der Waals surface area (Å²) in [5, 5.41) is 26.9. The lowest BCUT2D eigenvalue weighted by Crippen LogP contribution is -2.60. The number of aromatic nitrogens is 6. The molecule has 0 unspecified atom stereocenters. The molecule has 2 aliphatic rings. The maximum atomic E-state index is 12.9. The number of aryl methyl sites for hydroxylation is 1. The van der Waals surface area contributed by atoms with Gasteiger partial charge in [0.05, 0.1) is 18.0 Å². The van der Waals surface area contributed by atoms with Crippen molar-refractivity contribution in [2.75, 3.05) is 38.1 Å². The molecule has 0 bridgehead atoms. The number of carbonyl (C=O) groups excluding carboxylic acids is 1. The molecule has 0 aliphatic carbocycles. The van der Waals surface area contributed by atoms with E-state index in [0.29, 0.717) is 5.95 Å². The molecule has 1 spiro atoms. The number of ether oxygens (including phenoxy) is 1. The fraction of sp³-hybridized carbons (Fsp3) is 0.455. The van der Waals surface area contributed by atoms with Crippen molar-refractivity contribution < 1.29 is 27.8 Å². The van der Waals surface area contributed by atoms with Gasteiger partial charge in [0.1, 0.15) is 22.9 Å². The van der Waals surface area contributed by atoms with Crippen molar-refractivity contribution in [3.8, 4) is 34.0 Å². The number of esters is 1. The number of phenols is 1. The number of benzene rings is 1. The van der Waals surface area contributed by atoms with Crippen LogP contribution in [-0.4, -0.2) is 85.6 Å². The summed E-state index contributed by atoms with van der Waals surface area (Å²) in [5.74, 6) is -3.11. The van der Waals surface area contributed by atoms with Gasteiger partial charge in [-0.3, -0.25) is 0 Å². The van der Waals surface area contributed by atoms with E-state index in [4.69, 9.17) is 0 Å². The van der Waals surface area contributed by atoms with Gasteiger partial charge in [-0.15, -0.1) is 10.2 Å². The highest BCUT2D eigenvalue weighted by atomic mass is 19.4. The first-order valence-corrected chi connectivity index (χ1v) is 11.2. The average molecular weight is 504 g/mol. The number of hydrogen-bond donors (Lipinski definition) is 1. The number of rotatable bonds is 4. The van der Waals surface area contributed by atoms with Gasteiger partial charge >= 0.3 is 12.1 Å². The first-order valence-electron chi connectivity index (χ1n) is 11.2. The highest BCUT2D eigenvalue weighted by Gasteiger charge is 2.45. The minimum atomic E-state index is -5.25. The third-order valence-corrected chi connectivity index (χ3v) is 6.60.